The van der Waals surface area contributed by atoms with Crippen molar-refractivity contribution in [2.75, 3.05) is 5.32 Å². The van der Waals surface area contributed by atoms with Gasteiger partial charge in [0.25, 0.3) is 5.69 Å². The van der Waals surface area contributed by atoms with Gasteiger partial charge in [-0.25, -0.2) is 0 Å². The molecule has 0 saturated heterocycles. The highest BCUT2D eigenvalue weighted by Crippen LogP contribution is 2.34. The Bertz CT molecular complexity index is 1080. The molecule has 1 unspecified atom stereocenters. The van der Waals surface area contributed by atoms with Crippen LogP contribution in [0.5, 0.6) is 11.5 Å². The standard InChI is InChI=1S/C19H16Cl2N4O4/c1-11-9-22-24(10-11)12(2)19(26)23-14-6-15(25(27)28)8-16(7-14)29-18-4-3-13(20)5-17(18)21/h3-10,12H,1-2H3,(H,23,26). The molecule has 1 heterocycles. The van der Waals surface area contributed by atoms with Gasteiger partial charge < -0.3 is 10.1 Å². The third-order valence-electron chi connectivity index (χ3n) is 4.00. The smallest absolute Gasteiger partial charge is 0.275 e. The normalized spacial score (nSPS) is 11.7. The minimum atomic E-state index is -0.613. The van der Waals surface area contributed by atoms with E-state index >= 15 is 0 Å². The summed E-state index contributed by atoms with van der Waals surface area (Å²) in [5, 5.41) is 18.7. The van der Waals surface area contributed by atoms with E-state index in [2.05, 4.69) is 10.4 Å². The molecule has 3 aromatic rings. The zero-order valence-corrected chi connectivity index (χ0v) is 16.9. The molecule has 2 aromatic carbocycles. The van der Waals surface area contributed by atoms with Crippen molar-refractivity contribution < 1.29 is 14.5 Å². The average Bonchev–Trinajstić information content (AvgIpc) is 3.09. The number of nitrogens with one attached hydrogen (secondary N) is 1. The van der Waals surface area contributed by atoms with Gasteiger partial charge in [-0.1, -0.05) is 23.2 Å². The SMILES string of the molecule is Cc1cnn(C(C)C(=O)Nc2cc(Oc3ccc(Cl)cc3Cl)cc([N+](=O)[O-])c2)c1. The number of benzene rings is 2. The summed E-state index contributed by atoms with van der Waals surface area (Å²) in [5.74, 6) is 0.0274. The molecule has 3 rings (SSSR count). The maximum absolute atomic E-state index is 12.5. The third kappa shape index (κ3) is 5.04. The Morgan fingerprint density at radius 3 is 2.66 bits per heavy atom. The summed E-state index contributed by atoms with van der Waals surface area (Å²) in [6.07, 6.45) is 3.37. The topological polar surface area (TPSA) is 99.3 Å². The van der Waals surface area contributed by atoms with Crippen molar-refractivity contribution in [1.29, 1.82) is 0 Å². The van der Waals surface area contributed by atoms with Crippen LogP contribution in [0.25, 0.3) is 0 Å². The first-order valence-corrected chi connectivity index (χ1v) is 9.22. The zero-order valence-electron chi connectivity index (χ0n) is 15.4. The van der Waals surface area contributed by atoms with Crippen LogP contribution >= 0.6 is 23.2 Å². The van der Waals surface area contributed by atoms with Gasteiger partial charge in [0.2, 0.25) is 5.91 Å². The molecule has 0 spiro atoms. The number of nitrogens with zero attached hydrogens (tertiary/aromatic N) is 3. The largest absolute Gasteiger partial charge is 0.455 e. The Morgan fingerprint density at radius 1 is 1.28 bits per heavy atom. The molecule has 1 N–H and O–H groups in total. The number of aryl methyl sites for hydroxylation is 1. The lowest BCUT2D eigenvalue weighted by Gasteiger charge is -2.14. The number of nitro groups is 1. The Balaban J connectivity index is 1.86. The molecule has 0 aliphatic rings. The van der Waals surface area contributed by atoms with E-state index in [1.54, 1.807) is 31.5 Å². The van der Waals surface area contributed by atoms with Gasteiger partial charge in [-0.15, -0.1) is 0 Å². The quantitative estimate of drug-likeness (QED) is 0.413. The molecule has 0 fully saturated rings. The second-order valence-electron chi connectivity index (χ2n) is 6.31. The summed E-state index contributed by atoms with van der Waals surface area (Å²) in [5.41, 5.74) is 0.876. The Labute approximate surface area is 176 Å². The summed E-state index contributed by atoms with van der Waals surface area (Å²) in [6, 6.07) is 7.96. The number of nitro benzene ring substituents is 1. The fourth-order valence-corrected chi connectivity index (χ4v) is 2.96. The summed E-state index contributed by atoms with van der Waals surface area (Å²) in [4.78, 5) is 23.3. The minimum absolute atomic E-state index is 0.140. The number of hydrogen-bond donors (Lipinski definition) is 1. The summed E-state index contributed by atoms with van der Waals surface area (Å²) < 4.78 is 7.17. The van der Waals surface area contributed by atoms with Crippen molar-refractivity contribution in [2.45, 2.75) is 19.9 Å². The van der Waals surface area contributed by atoms with Gasteiger partial charge in [0.05, 0.1) is 27.9 Å². The van der Waals surface area contributed by atoms with Crippen LogP contribution in [0.1, 0.15) is 18.5 Å². The van der Waals surface area contributed by atoms with Gasteiger partial charge in [-0.05, 0) is 37.6 Å². The minimum Gasteiger partial charge on any atom is -0.455 e. The summed E-state index contributed by atoms with van der Waals surface area (Å²) >= 11 is 12.0. The molecule has 1 aromatic heterocycles. The Hall–Kier alpha value is -3.10. The lowest BCUT2D eigenvalue weighted by atomic mass is 10.2. The van der Waals surface area contributed by atoms with Crippen molar-refractivity contribution in [3.63, 3.8) is 0 Å². The molecule has 0 aliphatic heterocycles. The molecule has 150 valence electrons. The lowest BCUT2D eigenvalue weighted by molar-refractivity contribution is -0.384. The molecule has 10 heteroatoms. The second-order valence-corrected chi connectivity index (χ2v) is 7.16. The fourth-order valence-electron chi connectivity index (χ4n) is 2.52. The summed E-state index contributed by atoms with van der Waals surface area (Å²) in [6.45, 7) is 3.53. The van der Waals surface area contributed by atoms with Crippen LogP contribution in [0, 0.1) is 17.0 Å². The molecule has 0 aliphatic carbocycles. The highest BCUT2D eigenvalue weighted by atomic mass is 35.5. The molecule has 1 amide bonds. The summed E-state index contributed by atoms with van der Waals surface area (Å²) in [7, 11) is 0. The number of carbonyl (C=O) groups is 1. The van der Waals surface area contributed by atoms with E-state index in [1.807, 2.05) is 6.92 Å². The first-order chi connectivity index (χ1) is 13.7. The van der Waals surface area contributed by atoms with E-state index in [0.29, 0.717) is 5.02 Å². The molecule has 29 heavy (non-hydrogen) atoms. The maximum Gasteiger partial charge on any atom is 0.275 e. The number of ether oxygens (including phenoxy) is 1. The van der Waals surface area contributed by atoms with Crippen LogP contribution in [0.4, 0.5) is 11.4 Å². The average molecular weight is 435 g/mol. The van der Waals surface area contributed by atoms with Gasteiger partial charge in [0, 0.05) is 23.4 Å². The van der Waals surface area contributed by atoms with Gasteiger partial charge in [-0.2, -0.15) is 5.10 Å². The van der Waals surface area contributed by atoms with Crippen LogP contribution in [0.2, 0.25) is 10.0 Å². The van der Waals surface area contributed by atoms with E-state index in [1.165, 1.54) is 28.9 Å². The van der Waals surface area contributed by atoms with Crippen LogP contribution in [0.3, 0.4) is 0 Å². The molecular formula is C19H16Cl2N4O4. The number of amides is 1. The lowest BCUT2D eigenvalue weighted by Crippen LogP contribution is -2.24. The first-order valence-electron chi connectivity index (χ1n) is 8.47. The molecule has 1 atom stereocenters. The van der Waals surface area contributed by atoms with Crippen LogP contribution in [0.15, 0.2) is 48.8 Å². The first kappa shape index (κ1) is 20.6. The van der Waals surface area contributed by atoms with Gasteiger partial charge in [0.15, 0.2) is 0 Å². The number of hydrogen-bond acceptors (Lipinski definition) is 5. The number of non-ortho nitro benzene ring substituents is 1. The third-order valence-corrected chi connectivity index (χ3v) is 4.53. The van der Waals surface area contributed by atoms with E-state index in [4.69, 9.17) is 27.9 Å². The van der Waals surface area contributed by atoms with Crippen LogP contribution < -0.4 is 10.1 Å². The Morgan fingerprint density at radius 2 is 2.03 bits per heavy atom. The monoisotopic (exact) mass is 434 g/mol. The molecule has 0 saturated carbocycles. The molecule has 0 radical (unpaired) electrons. The van der Waals surface area contributed by atoms with Crippen LogP contribution in [-0.2, 0) is 4.79 Å². The van der Waals surface area contributed by atoms with E-state index in [0.717, 1.165) is 5.56 Å². The highest BCUT2D eigenvalue weighted by molar-refractivity contribution is 6.35. The van der Waals surface area contributed by atoms with Crippen molar-refractivity contribution in [3.8, 4) is 11.5 Å². The van der Waals surface area contributed by atoms with Crippen molar-refractivity contribution in [3.05, 3.63) is 74.5 Å². The predicted octanol–water partition coefficient (Wildman–Crippen LogP) is 5.40. The van der Waals surface area contributed by atoms with Gasteiger partial charge >= 0.3 is 0 Å². The Kier molecular flexibility index (Phi) is 6.05. The highest BCUT2D eigenvalue weighted by Gasteiger charge is 2.19. The second kappa shape index (κ2) is 8.50. The number of aromatic nitrogens is 2. The number of carbonyl (C=O) groups excluding carboxylic acids is 1. The predicted molar refractivity (Wildman–Crippen MR) is 110 cm³/mol. The molecular weight excluding hydrogens is 419 g/mol. The van der Waals surface area contributed by atoms with E-state index in [-0.39, 0.29) is 33.8 Å². The van der Waals surface area contributed by atoms with Crippen molar-refractivity contribution >= 4 is 40.5 Å². The van der Waals surface area contributed by atoms with E-state index < -0.39 is 11.0 Å². The number of rotatable bonds is 6. The molecule has 8 nitrogen and oxygen atoms in total. The molecule has 0 bridgehead atoms. The maximum atomic E-state index is 12.5. The van der Waals surface area contributed by atoms with E-state index in [9.17, 15) is 14.9 Å². The van der Waals surface area contributed by atoms with Gasteiger partial charge in [0.1, 0.15) is 17.5 Å². The number of halogens is 2. The zero-order chi connectivity index (χ0) is 21.1. The van der Waals surface area contributed by atoms with Gasteiger partial charge in [-0.3, -0.25) is 19.6 Å². The number of anilines is 1. The van der Waals surface area contributed by atoms with Crippen molar-refractivity contribution in [1.82, 2.24) is 9.78 Å². The van der Waals surface area contributed by atoms with Crippen molar-refractivity contribution in [2.24, 2.45) is 0 Å². The fraction of sp³-hybridized carbons (Fsp3) is 0.158. The van der Waals surface area contributed by atoms with Crippen LogP contribution in [-0.4, -0.2) is 20.6 Å².